The van der Waals surface area contributed by atoms with Crippen molar-refractivity contribution in [3.05, 3.63) is 59.2 Å². The van der Waals surface area contributed by atoms with Gasteiger partial charge in [-0.05, 0) is 72.8 Å². The molecular weight excluding hydrogens is 535 g/mol. The molecule has 11 heteroatoms. The first kappa shape index (κ1) is 30.2. The predicted octanol–water partition coefficient (Wildman–Crippen LogP) is 7.78. The van der Waals surface area contributed by atoms with Crippen molar-refractivity contribution in [2.45, 2.75) is 59.2 Å². The van der Waals surface area contributed by atoms with Gasteiger partial charge in [-0.2, -0.15) is 9.98 Å². The van der Waals surface area contributed by atoms with E-state index in [0.717, 1.165) is 11.1 Å². The van der Waals surface area contributed by atoms with Gasteiger partial charge in [0.2, 0.25) is 11.7 Å². The molecule has 0 saturated carbocycles. The van der Waals surface area contributed by atoms with E-state index in [1.165, 1.54) is 18.9 Å². The largest absolute Gasteiger partial charge is 0.542 e. The van der Waals surface area contributed by atoms with E-state index in [-0.39, 0.29) is 27.1 Å². The zero-order valence-corrected chi connectivity index (χ0v) is 25.7. The van der Waals surface area contributed by atoms with Gasteiger partial charge in [0.15, 0.2) is 5.82 Å². The molecule has 0 saturated heterocycles. The summed E-state index contributed by atoms with van der Waals surface area (Å²) in [5.74, 6) is 0.528. The standard InChI is InChI=1S/C28H35FN4O4SSi/c1-10-18-15-21(23(29)22(16-18)37-39(8,9)28(3,4)5)24(26(38-7)32-27(34)35-6)31-20-13-11-19(12-14-20)25-30-17(2)36-33-25/h11-16H,10H2,1-9H3/b31-24-,32-26-. The van der Waals surface area contributed by atoms with Gasteiger partial charge in [0.05, 0.1) is 12.8 Å². The Morgan fingerprint density at radius 3 is 2.36 bits per heavy atom. The fraction of sp³-hybridized carbons (Fsp3) is 0.393. The zero-order chi connectivity index (χ0) is 29.0. The molecule has 8 nitrogen and oxygen atoms in total. The van der Waals surface area contributed by atoms with Crippen molar-refractivity contribution in [1.82, 2.24) is 10.1 Å². The van der Waals surface area contributed by atoms with Crippen molar-refractivity contribution >= 4 is 42.6 Å². The molecule has 1 heterocycles. The van der Waals surface area contributed by atoms with Gasteiger partial charge in [-0.25, -0.2) is 14.2 Å². The lowest BCUT2D eigenvalue weighted by Gasteiger charge is -2.36. The van der Waals surface area contributed by atoms with Gasteiger partial charge in [0.25, 0.3) is 8.32 Å². The fourth-order valence-electron chi connectivity index (χ4n) is 3.31. The summed E-state index contributed by atoms with van der Waals surface area (Å²) in [4.78, 5) is 25.2. The number of hydrogen-bond donors (Lipinski definition) is 0. The normalized spacial score (nSPS) is 13.0. The van der Waals surface area contributed by atoms with Gasteiger partial charge in [-0.15, -0.1) is 11.8 Å². The number of aryl methyl sites for hydroxylation is 2. The number of aliphatic imine (C=N–C) groups is 2. The lowest BCUT2D eigenvalue weighted by atomic mass is 10.0. The summed E-state index contributed by atoms with van der Waals surface area (Å²) in [6, 6.07) is 10.6. The molecule has 39 heavy (non-hydrogen) atoms. The first-order chi connectivity index (χ1) is 18.3. The van der Waals surface area contributed by atoms with E-state index in [9.17, 15) is 4.79 Å². The zero-order valence-electron chi connectivity index (χ0n) is 23.9. The maximum atomic E-state index is 16.3. The van der Waals surface area contributed by atoms with Crippen LogP contribution in [0.3, 0.4) is 0 Å². The summed E-state index contributed by atoms with van der Waals surface area (Å²) < 4.78 is 32.5. The van der Waals surface area contributed by atoms with E-state index in [0.29, 0.717) is 23.8 Å². The lowest BCUT2D eigenvalue weighted by Crippen LogP contribution is -2.44. The summed E-state index contributed by atoms with van der Waals surface area (Å²) in [6.07, 6.45) is 1.59. The van der Waals surface area contributed by atoms with Crippen LogP contribution in [0, 0.1) is 12.7 Å². The smallest absolute Gasteiger partial charge is 0.434 e. The summed E-state index contributed by atoms with van der Waals surface area (Å²) >= 11 is 1.17. The summed E-state index contributed by atoms with van der Waals surface area (Å²) in [5.41, 5.74) is 2.52. The van der Waals surface area contributed by atoms with Crippen molar-refractivity contribution in [3.8, 4) is 17.1 Å². The predicted molar refractivity (Wildman–Crippen MR) is 158 cm³/mol. The molecule has 0 aliphatic heterocycles. The highest BCUT2D eigenvalue weighted by Gasteiger charge is 2.40. The summed E-state index contributed by atoms with van der Waals surface area (Å²) in [6.45, 7) is 14.1. The third-order valence-corrected chi connectivity index (χ3v) is 11.6. The topological polar surface area (TPSA) is 99.2 Å². The number of benzene rings is 2. The quantitative estimate of drug-likeness (QED) is 0.162. The highest BCUT2D eigenvalue weighted by molar-refractivity contribution is 8.15. The Bertz CT molecular complexity index is 1400. The van der Waals surface area contributed by atoms with Crippen LogP contribution in [0.4, 0.5) is 14.9 Å². The maximum absolute atomic E-state index is 16.3. The van der Waals surface area contributed by atoms with E-state index in [2.05, 4.69) is 49.0 Å². The second-order valence-corrected chi connectivity index (χ2v) is 15.9. The van der Waals surface area contributed by atoms with Gasteiger partial charge in [-0.1, -0.05) is 32.9 Å². The number of nitrogens with zero attached hydrogens (tertiary/aromatic N) is 4. The first-order valence-corrected chi connectivity index (χ1v) is 16.6. The Labute approximate surface area is 234 Å². The maximum Gasteiger partial charge on any atom is 0.434 e. The Hall–Kier alpha value is -3.31. The molecule has 3 aromatic rings. The van der Waals surface area contributed by atoms with E-state index in [1.54, 1.807) is 49.6 Å². The van der Waals surface area contributed by atoms with E-state index >= 15 is 4.39 Å². The molecule has 0 radical (unpaired) electrons. The molecule has 208 valence electrons. The van der Waals surface area contributed by atoms with Crippen molar-refractivity contribution in [2.75, 3.05) is 13.4 Å². The van der Waals surface area contributed by atoms with Gasteiger partial charge in [0, 0.05) is 18.1 Å². The molecule has 0 atom stereocenters. The van der Waals surface area contributed by atoms with Gasteiger partial charge in [-0.3, -0.25) is 0 Å². The second-order valence-electron chi connectivity index (χ2n) is 10.4. The second kappa shape index (κ2) is 12.2. The molecule has 0 unspecified atom stereocenters. The van der Waals surface area contributed by atoms with Crippen molar-refractivity contribution in [3.63, 3.8) is 0 Å². The minimum absolute atomic E-state index is 0.130. The first-order valence-electron chi connectivity index (χ1n) is 12.5. The number of methoxy groups -OCH3 is 1. The Morgan fingerprint density at radius 2 is 1.85 bits per heavy atom. The van der Waals surface area contributed by atoms with Crippen LogP contribution >= 0.6 is 11.8 Å². The monoisotopic (exact) mass is 570 g/mol. The number of halogens is 1. The van der Waals surface area contributed by atoms with Crippen LogP contribution in [0.2, 0.25) is 18.1 Å². The highest BCUT2D eigenvalue weighted by Crippen LogP contribution is 2.39. The molecule has 0 fully saturated rings. The molecule has 2 aromatic carbocycles. The molecule has 0 N–H and O–H groups in total. The molecule has 0 aliphatic rings. The molecule has 0 bridgehead atoms. The lowest BCUT2D eigenvalue weighted by molar-refractivity contribution is 0.183. The van der Waals surface area contributed by atoms with Crippen molar-refractivity contribution in [2.24, 2.45) is 9.98 Å². The van der Waals surface area contributed by atoms with E-state index in [1.807, 2.05) is 6.92 Å². The number of rotatable bonds is 7. The van der Waals surface area contributed by atoms with Crippen LogP contribution in [0.5, 0.6) is 5.75 Å². The Kier molecular flexibility index (Phi) is 9.50. The average Bonchev–Trinajstić information content (AvgIpc) is 3.33. The average molecular weight is 571 g/mol. The molecule has 1 amide bonds. The highest BCUT2D eigenvalue weighted by atomic mass is 32.2. The van der Waals surface area contributed by atoms with E-state index in [4.69, 9.17) is 18.7 Å². The molecular formula is C28H35FN4O4SSi. The van der Waals surface area contributed by atoms with Crippen molar-refractivity contribution in [1.29, 1.82) is 0 Å². The van der Waals surface area contributed by atoms with Crippen LogP contribution in [-0.4, -0.2) is 48.7 Å². The molecule has 0 spiro atoms. The fourth-order valence-corrected chi connectivity index (χ4v) is 4.83. The number of hydrogen-bond acceptors (Lipinski definition) is 8. The van der Waals surface area contributed by atoms with Crippen LogP contribution in [0.15, 0.2) is 50.9 Å². The van der Waals surface area contributed by atoms with Crippen LogP contribution in [0.25, 0.3) is 11.4 Å². The SMILES string of the molecule is CCc1cc(O[Si](C)(C)C(C)(C)C)c(F)c(C(=N/c2ccc(-c3noc(C)n3)cc2)/C(=N/C(=O)OC)SC)c1. The van der Waals surface area contributed by atoms with Crippen LogP contribution < -0.4 is 4.43 Å². The van der Waals surface area contributed by atoms with Gasteiger partial charge < -0.3 is 13.7 Å². The summed E-state index contributed by atoms with van der Waals surface area (Å²) in [5, 5.41) is 4.02. The number of amides is 1. The van der Waals surface area contributed by atoms with Gasteiger partial charge in [0.1, 0.15) is 16.5 Å². The Morgan fingerprint density at radius 1 is 1.18 bits per heavy atom. The van der Waals surface area contributed by atoms with Crippen LogP contribution in [0.1, 0.15) is 44.7 Å². The molecule has 1 aromatic heterocycles. The van der Waals surface area contributed by atoms with Gasteiger partial charge >= 0.3 is 6.09 Å². The minimum atomic E-state index is -2.36. The van der Waals surface area contributed by atoms with E-state index < -0.39 is 20.2 Å². The Balaban J connectivity index is 2.21. The van der Waals surface area contributed by atoms with Crippen LogP contribution in [-0.2, 0) is 11.2 Å². The third kappa shape index (κ3) is 7.21. The molecule has 3 rings (SSSR count). The minimum Gasteiger partial charge on any atom is -0.542 e. The third-order valence-electron chi connectivity index (χ3n) is 6.59. The number of ether oxygens (including phenoxy) is 1. The number of carbonyl (C=O) groups is 1. The number of aromatic nitrogens is 2. The number of carbonyl (C=O) groups excluding carboxylic acids is 1. The van der Waals surface area contributed by atoms with Crippen molar-refractivity contribution < 1.29 is 22.9 Å². The number of thioether (sulfide) groups is 1. The molecule has 0 aliphatic carbocycles. The summed E-state index contributed by atoms with van der Waals surface area (Å²) in [7, 11) is -1.12.